The highest BCUT2D eigenvalue weighted by molar-refractivity contribution is 5.97. The molecular formula is C12H18N2O2. The third kappa shape index (κ3) is 3.05. The number of nitrogens with two attached hydrogens (primary N) is 1. The van der Waals surface area contributed by atoms with Gasteiger partial charge >= 0.3 is 0 Å². The normalized spacial score (nSPS) is 14.2. The Morgan fingerprint density at radius 3 is 2.44 bits per heavy atom. The van der Waals surface area contributed by atoms with E-state index in [0.717, 1.165) is 5.56 Å². The van der Waals surface area contributed by atoms with E-state index in [2.05, 4.69) is 5.32 Å². The van der Waals surface area contributed by atoms with Crippen LogP contribution in [-0.4, -0.2) is 16.6 Å². The van der Waals surface area contributed by atoms with Crippen LogP contribution in [0.2, 0.25) is 0 Å². The summed E-state index contributed by atoms with van der Waals surface area (Å²) in [5.41, 5.74) is 6.46. The van der Waals surface area contributed by atoms with Gasteiger partial charge in [0.25, 0.3) is 0 Å². The van der Waals surface area contributed by atoms with Gasteiger partial charge in [-0.25, -0.2) is 0 Å². The summed E-state index contributed by atoms with van der Waals surface area (Å²) in [6, 6.07) is 7.01. The van der Waals surface area contributed by atoms with Crippen molar-refractivity contribution in [1.82, 2.24) is 0 Å². The first-order chi connectivity index (χ1) is 7.49. The number of aliphatic hydroxyl groups is 1. The van der Waals surface area contributed by atoms with E-state index in [0.29, 0.717) is 12.1 Å². The first kappa shape index (κ1) is 12.7. The average molecular weight is 222 g/mol. The summed E-state index contributed by atoms with van der Waals surface area (Å²) in [6.45, 7) is 3.57. The molecule has 4 heteroatoms. The minimum Gasteiger partial charge on any atom is -0.392 e. The Kier molecular flexibility index (Phi) is 4.04. The van der Waals surface area contributed by atoms with Crippen LogP contribution in [0, 0.1) is 0 Å². The molecule has 0 fully saturated rings. The van der Waals surface area contributed by atoms with Crippen molar-refractivity contribution in [2.24, 2.45) is 5.73 Å². The van der Waals surface area contributed by atoms with Gasteiger partial charge in [0.2, 0.25) is 5.91 Å². The minimum absolute atomic E-state index is 0.00219. The van der Waals surface area contributed by atoms with Gasteiger partial charge in [-0.3, -0.25) is 4.79 Å². The Balaban J connectivity index is 2.70. The zero-order valence-corrected chi connectivity index (χ0v) is 9.66. The number of carbonyl (C=O) groups excluding carboxylic acids is 1. The molecule has 1 atom stereocenters. The molecule has 0 saturated heterocycles. The number of rotatable bonds is 4. The van der Waals surface area contributed by atoms with Gasteiger partial charge in [-0.2, -0.15) is 0 Å². The van der Waals surface area contributed by atoms with E-state index in [-0.39, 0.29) is 12.5 Å². The highest BCUT2D eigenvalue weighted by Crippen LogP contribution is 2.13. The topological polar surface area (TPSA) is 75.4 Å². The highest BCUT2D eigenvalue weighted by atomic mass is 16.3. The van der Waals surface area contributed by atoms with E-state index in [1.54, 1.807) is 31.2 Å². The quantitative estimate of drug-likeness (QED) is 0.717. The molecule has 0 bridgehead atoms. The fourth-order valence-electron chi connectivity index (χ4n) is 1.13. The van der Waals surface area contributed by atoms with Crippen LogP contribution < -0.4 is 11.1 Å². The smallest absolute Gasteiger partial charge is 0.244 e. The number of amides is 1. The van der Waals surface area contributed by atoms with Gasteiger partial charge in [0, 0.05) is 5.69 Å². The molecule has 1 aromatic carbocycles. The van der Waals surface area contributed by atoms with Crippen molar-refractivity contribution in [2.45, 2.75) is 32.4 Å². The van der Waals surface area contributed by atoms with Crippen LogP contribution in [0.1, 0.15) is 25.8 Å². The van der Waals surface area contributed by atoms with Crippen molar-refractivity contribution in [1.29, 1.82) is 0 Å². The van der Waals surface area contributed by atoms with Crippen molar-refractivity contribution < 1.29 is 9.90 Å². The van der Waals surface area contributed by atoms with Crippen LogP contribution in [0.25, 0.3) is 0 Å². The minimum atomic E-state index is -0.852. The third-order valence-corrected chi connectivity index (χ3v) is 2.65. The van der Waals surface area contributed by atoms with Crippen LogP contribution in [0.3, 0.4) is 0 Å². The maximum atomic E-state index is 11.7. The lowest BCUT2D eigenvalue weighted by molar-refractivity contribution is -0.120. The van der Waals surface area contributed by atoms with Gasteiger partial charge in [-0.05, 0) is 31.0 Å². The molecule has 1 amide bonds. The molecule has 0 heterocycles. The van der Waals surface area contributed by atoms with Crippen molar-refractivity contribution in [2.75, 3.05) is 5.32 Å². The van der Waals surface area contributed by atoms with Gasteiger partial charge in [-0.1, -0.05) is 19.1 Å². The first-order valence-corrected chi connectivity index (χ1v) is 5.29. The molecule has 88 valence electrons. The number of hydrogen-bond donors (Lipinski definition) is 3. The molecule has 0 aromatic heterocycles. The Labute approximate surface area is 95.5 Å². The molecule has 1 unspecified atom stereocenters. The molecule has 4 N–H and O–H groups in total. The molecular weight excluding hydrogens is 204 g/mol. The van der Waals surface area contributed by atoms with Gasteiger partial charge in [0.15, 0.2) is 0 Å². The highest BCUT2D eigenvalue weighted by Gasteiger charge is 2.25. The number of benzene rings is 1. The van der Waals surface area contributed by atoms with E-state index >= 15 is 0 Å². The van der Waals surface area contributed by atoms with Gasteiger partial charge in [0.1, 0.15) is 0 Å². The Hall–Kier alpha value is -1.39. The van der Waals surface area contributed by atoms with Gasteiger partial charge in [-0.15, -0.1) is 0 Å². The Morgan fingerprint density at radius 2 is 2.00 bits per heavy atom. The summed E-state index contributed by atoms with van der Waals surface area (Å²) in [5, 5.41) is 11.6. The molecule has 0 radical (unpaired) electrons. The molecule has 4 nitrogen and oxygen atoms in total. The molecule has 0 saturated carbocycles. The zero-order chi connectivity index (χ0) is 12.2. The summed E-state index contributed by atoms with van der Waals surface area (Å²) in [5.74, 6) is -0.202. The Morgan fingerprint density at radius 1 is 1.44 bits per heavy atom. The van der Waals surface area contributed by atoms with E-state index in [4.69, 9.17) is 10.8 Å². The number of hydrogen-bond acceptors (Lipinski definition) is 3. The summed E-state index contributed by atoms with van der Waals surface area (Å²) >= 11 is 0. The lowest BCUT2D eigenvalue weighted by atomic mass is 9.99. The number of nitrogens with one attached hydrogen (secondary N) is 1. The molecule has 1 aromatic rings. The lowest BCUT2D eigenvalue weighted by Crippen LogP contribution is -2.47. The fraction of sp³-hybridized carbons (Fsp3) is 0.417. The van der Waals surface area contributed by atoms with Crippen LogP contribution in [-0.2, 0) is 11.4 Å². The first-order valence-electron chi connectivity index (χ1n) is 5.29. The molecule has 1 rings (SSSR count). The van der Waals surface area contributed by atoms with Gasteiger partial charge < -0.3 is 16.2 Å². The second kappa shape index (κ2) is 5.09. The molecule has 0 aliphatic rings. The van der Waals surface area contributed by atoms with Crippen LogP contribution in [0.5, 0.6) is 0 Å². The summed E-state index contributed by atoms with van der Waals surface area (Å²) in [6.07, 6.45) is 0.577. The van der Waals surface area contributed by atoms with Crippen molar-refractivity contribution in [3.8, 4) is 0 Å². The third-order valence-electron chi connectivity index (χ3n) is 2.65. The second-order valence-corrected chi connectivity index (χ2v) is 4.08. The standard InChI is InChI=1S/C12H18N2O2/c1-3-12(2,13)11(16)14-10-6-4-9(8-15)5-7-10/h4-7,15H,3,8,13H2,1-2H3,(H,14,16). The predicted octanol–water partition coefficient (Wildman–Crippen LogP) is 1.24. The fourth-order valence-corrected chi connectivity index (χ4v) is 1.13. The number of carbonyl (C=O) groups is 1. The summed E-state index contributed by atoms with van der Waals surface area (Å²) < 4.78 is 0. The van der Waals surface area contributed by atoms with Crippen molar-refractivity contribution in [3.05, 3.63) is 29.8 Å². The van der Waals surface area contributed by atoms with Crippen LogP contribution in [0.15, 0.2) is 24.3 Å². The zero-order valence-electron chi connectivity index (χ0n) is 9.66. The van der Waals surface area contributed by atoms with E-state index in [1.807, 2.05) is 6.92 Å². The molecule has 0 spiro atoms. The SMILES string of the molecule is CCC(C)(N)C(=O)Nc1ccc(CO)cc1. The van der Waals surface area contributed by atoms with Crippen molar-refractivity contribution >= 4 is 11.6 Å². The van der Waals surface area contributed by atoms with Crippen molar-refractivity contribution in [3.63, 3.8) is 0 Å². The predicted molar refractivity (Wildman–Crippen MR) is 63.9 cm³/mol. The van der Waals surface area contributed by atoms with E-state index in [9.17, 15) is 4.79 Å². The van der Waals surface area contributed by atoms with Gasteiger partial charge in [0.05, 0.1) is 12.1 Å². The second-order valence-electron chi connectivity index (χ2n) is 4.08. The Bertz CT molecular complexity index is 358. The van der Waals surface area contributed by atoms with Crippen LogP contribution >= 0.6 is 0 Å². The largest absolute Gasteiger partial charge is 0.392 e. The average Bonchev–Trinajstić information content (AvgIpc) is 2.30. The monoisotopic (exact) mass is 222 g/mol. The summed E-state index contributed by atoms with van der Waals surface area (Å²) in [4.78, 5) is 11.7. The molecule has 0 aliphatic heterocycles. The maximum absolute atomic E-state index is 11.7. The lowest BCUT2D eigenvalue weighted by Gasteiger charge is -2.21. The summed E-state index contributed by atoms with van der Waals surface area (Å²) in [7, 11) is 0. The number of aliphatic hydroxyl groups excluding tert-OH is 1. The maximum Gasteiger partial charge on any atom is 0.244 e. The molecule has 16 heavy (non-hydrogen) atoms. The van der Waals surface area contributed by atoms with E-state index in [1.165, 1.54) is 0 Å². The van der Waals surface area contributed by atoms with Crippen LogP contribution in [0.4, 0.5) is 5.69 Å². The molecule has 0 aliphatic carbocycles. The number of anilines is 1. The van der Waals surface area contributed by atoms with E-state index < -0.39 is 5.54 Å².